The van der Waals surface area contributed by atoms with Gasteiger partial charge in [-0.05, 0) is 61.0 Å². The Kier molecular flexibility index (Phi) is 7.32. The highest BCUT2D eigenvalue weighted by Gasteiger charge is 2.25. The summed E-state index contributed by atoms with van der Waals surface area (Å²) in [5.41, 5.74) is 1.14. The minimum Gasteiger partial charge on any atom is -0.354 e. The molecule has 1 fully saturated rings. The number of nitrogens with zero attached hydrogens (tertiary/aromatic N) is 5. The van der Waals surface area contributed by atoms with Crippen LogP contribution in [0, 0.1) is 5.92 Å². The molecule has 4 heterocycles. The zero-order valence-corrected chi connectivity index (χ0v) is 19.1. The summed E-state index contributed by atoms with van der Waals surface area (Å²) in [5, 5.41) is 9.16. The summed E-state index contributed by atoms with van der Waals surface area (Å²) in [4.78, 5) is 17.0. The average molecular weight is 438 g/mol. The molecule has 1 atom stereocenters. The second-order valence-corrected chi connectivity index (χ2v) is 9.03. The lowest BCUT2D eigenvalue weighted by atomic mass is 9.97. The maximum atomic E-state index is 4.43. The van der Waals surface area contributed by atoms with Crippen LogP contribution in [-0.2, 0) is 6.54 Å². The summed E-state index contributed by atoms with van der Waals surface area (Å²) in [7, 11) is 1.82. The summed E-state index contributed by atoms with van der Waals surface area (Å²) in [6.07, 6.45) is 9.78. The number of thiophene rings is 1. The molecule has 1 unspecified atom stereocenters. The molecule has 0 aromatic carbocycles. The van der Waals surface area contributed by atoms with Gasteiger partial charge in [0.25, 0.3) is 0 Å². The summed E-state index contributed by atoms with van der Waals surface area (Å²) >= 11 is 1.84. The van der Waals surface area contributed by atoms with Gasteiger partial charge in [0.15, 0.2) is 5.96 Å². The molecule has 1 saturated heterocycles. The van der Waals surface area contributed by atoms with Crippen molar-refractivity contribution in [3.8, 4) is 5.82 Å². The van der Waals surface area contributed by atoms with Crippen LogP contribution in [0.25, 0.3) is 5.82 Å². The minimum atomic E-state index is 0.375. The molecule has 0 spiro atoms. The largest absolute Gasteiger partial charge is 0.354 e. The fraction of sp³-hybridized carbons (Fsp3) is 0.435. The van der Waals surface area contributed by atoms with E-state index in [2.05, 4.69) is 61.0 Å². The van der Waals surface area contributed by atoms with Crippen LogP contribution in [0.3, 0.4) is 0 Å². The van der Waals surface area contributed by atoms with Gasteiger partial charge in [-0.25, -0.2) is 9.97 Å². The molecule has 164 valence electrons. The van der Waals surface area contributed by atoms with E-state index in [0.29, 0.717) is 12.6 Å². The third-order valence-electron chi connectivity index (χ3n) is 5.86. The Bertz CT molecular complexity index is 944. The van der Waals surface area contributed by atoms with Crippen LogP contribution >= 0.6 is 11.3 Å². The second kappa shape index (κ2) is 10.5. The summed E-state index contributed by atoms with van der Waals surface area (Å²) in [6, 6.07) is 8.85. The van der Waals surface area contributed by atoms with Crippen molar-refractivity contribution in [2.75, 3.05) is 26.7 Å². The molecule has 0 bridgehead atoms. The number of nitrogens with one attached hydrogen (secondary N) is 2. The molecule has 0 saturated carbocycles. The van der Waals surface area contributed by atoms with Crippen molar-refractivity contribution in [1.82, 2.24) is 30.1 Å². The molecular formula is C23H31N7S. The Morgan fingerprint density at radius 1 is 1.26 bits per heavy atom. The molecular weight excluding hydrogens is 406 g/mol. The number of pyridine rings is 1. The number of imidazole rings is 1. The second-order valence-electron chi connectivity index (χ2n) is 8.05. The molecule has 3 aromatic heterocycles. The lowest BCUT2D eigenvalue weighted by Gasteiger charge is -2.36. The summed E-state index contributed by atoms with van der Waals surface area (Å²) in [5.74, 6) is 2.50. The van der Waals surface area contributed by atoms with Gasteiger partial charge in [0.1, 0.15) is 12.1 Å². The van der Waals surface area contributed by atoms with Crippen molar-refractivity contribution in [2.24, 2.45) is 10.9 Å². The zero-order valence-electron chi connectivity index (χ0n) is 18.2. The third kappa shape index (κ3) is 5.71. The van der Waals surface area contributed by atoms with Crippen molar-refractivity contribution in [3.63, 3.8) is 0 Å². The number of hydrogen-bond acceptors (Lipinski definition) is 5. The molecule has 0 amide bonds. The SMILES string of the molecule is CN=C(NCc1ccnc(-n2ccnc2)c1)NCC(c1cccs1)N1CCC(C)CC1. The van der Waals surface area contributed by atoms with E-state index >= 15 is 0 Å². The quantitative estimate of drug-likeness (QED) is 0.438. The van der Waals surface area contributed by atoms with E-state index in [4.69, 9.17) is 0 Å². The highest BCUT2D eigenvalue weighted by Crippen LogP contribution is 2.29. The van der Waals surface area contributed by atoms with Gasteiger partial charge in [-0.1, -0.05) is 13.0 Å². The summed E-state index contributed by atoms with van der Waals surface area (Å²) in [6.45, 7) is 6.19. The Hall–Kier alpha value is -2.71. The van der Waals surface area contributed by atoms with Crippen molar-refractivity contribution >= 4 is 17.3 Å². The lowest BCUT2D eigenvalue weighted by molar-refractivity contribution is 0.140. The van der Waals surface area contributed by atoms with Crippen LogP contribution < -0.4 is 10.6 Å². The number of aliphatic imine (C=N–C) groups is 1. The van der Waals surface area contributed by atoms with E-state index in [1.807, 2.05) is 41.4 Å². The van der Waals surface area contributed by atoms with E-state index in [9.17, 15) is 0 Å². The third-order valence-corrected chi connectivity index (χ3v) is 6.83. The molecule has 31 heavy (non-hydrogen) atoms. The standard InChI is InChI=1S/C23H31N7S/c1-18-6-10-29(11-7-18)20(21-4-3-13-31-21)16-28-23(24-2)27-15-19-5-8-26-22(14-19)30-12-9-25-17-30/h3-5,8-9,12-14,17-18,20H,6-7,10-11,15-16H2,1-2H3,(H2,24,27,28). The molecule has 2 N–H and O–H groups in total. The maximum absolute atomic E-state index is 4.43. The Balaban J connectivity index is 1.35. The zero-order chi connectivity index (χ0) is 21.5. The van der Waals surface area contributed by atoms with E-state index in [1.54, 1.807) is 12.5 Å². The highest BCUT2D eigenvalue weighted by molar-refractivity contribution is 7.10. The van der Waals surface area contributed by atoms with Gasteiger partial charge < -0.3 is 10.6 Å². The monoisotopic (exact) mass is 437 g/mol. The molecule has 0 radical (unpaired) electrons. The van der Waals surface area contributed by atoms with Crippen LogP contribution in [0.4, 0.5) is 0 Å². The lowest BCUT2D eigenvalue weighted by Crippen LogP contribution is -2.44. The first-order valence-electron chi connectivity index (χ1n) is 10.9. The van der Waals surface area contributed by atoms with E-state index in [1.165, 1.54) is 17.7 Å². The van der Waals surface area contributed by atoms with Crippen molar-refractivity contribution in [1.29, 1.82) is 0 Å². The Morgan fingerprint density at radius 3 is 2.84 bits per heavy atom. The highest BCUT2D eigenvalue weighted by atomic mass is 32.1. The van der Waals surface area contributed by atoms with Crippen LogP contribution in [0.1, 0.15) is 36.2 Å². The maximum Gasteiger partial charge on any atom is 0.191 e. The first-order chi connectivity index (χ1) is 15.2. The van der Waals surface area contributed by atoms with Crippen molar-refractivity contribution < 1.29 is 0 Å². The first-order valence-corrected chi connectivity index (χ1v) is 11.8. The molecule has 1 aliphatic rings. The Morgan fingerprint density at radius 2 is 2.13 bits per heavy atom. The molecule has 4 rings (SSSR count). The van der Waals surface area contributed by atoms with Gasteiger partial charge in [-0.2, -0.15) is 0 Å². The van der Waals surface area contributed by atoms with Crippen molar-refractivity contribution in [3.05, 3.63) is 65.0 Å². The normalized spacial score (nSPS) is 16.9. The topological polar surface area (TPSA) is 70.4 Å². The van der Waals surface area contributed by atoms with Gasteiger partial charge in [-0.3, -0.25) is 14.5 Å². The van der Waals surface area contributed by atoms with Crippen LogP contribution in [0.5, 0.6) is 0 Å². The van der Waals surface area contributed by atoms with Gasteiger partial charge in [0.05, 0.1) is 6.04 Å². The van der Waals surface area contributed by atoms with E-state index < -0.39 is 0 Å². The Labute approximate surface area is 188 Å². The van der Waals surface area contributed by atoms with Crippen LogP contribution in [0.2, 0.25) is 0 Å². The number of likely N-dealkylation sites (tertiary alicyclic amines) is 1. The fourth-order valence-corrected chi connectivity index (χ4v) is 4.80. The number of aromatic nitrogens is 3. The summed E-state index contributed by atoms with van der Waals surface area (Å²) < 4.78 is 1.90. The van der Waals surface area contributed by atoms with Gasteiger partial charge in [0, 0.05) is 43.6 Å². The molecule has 0 aliphatic carbocycles. The number of hydrogen-bond donors (Lipinski definition) is 2. The fourth-order valence-electron chi connectivity index (χ4n) is 3.94. The minimum absolute atomic E-state index is 0.375. The van der Waals surface area contributed by atoms with Gasteiger partial charge >= 0.3 is 0 Å². The van der Waals surface area contributed by atoms with Gasteiger partial charge in [-0.15, -0.1) is 11.3 Å². The average Bonchev–Trinajstić information content (AvgIpc) is 3.52. The smallest absolute Gasteiger partial charge is 0.191 e. The number of guanidine groups is 1. The predicted molar refractivity (Wildman–Crippen MR) is 127 cm³/mol. The number of rotatable bonds is 7. The van der Waals surface area contributed by atoms with Gasteiger partial charge in [0.2, 0.25) is 0 Å². The van der Waals surface area contributed by atoms with Crippen LogP contribution in [-0.4, -0.2) is 52.1 Å². The predicted octanol–water partition coefficient (Wildman–Crippen LogP) is 3.47. The molecule has 7 nitrogen and oxygen atoms in total. The molecule has 8 heteroatoms. The molecule has 3 aromatic rings. The van der Waals surface area contributed by atoms with Crippen molar-refractivity contribution in [2.45, 2.75) is 32.4 Å². The van der Waals surface area contributed by atoms with E-state index in [-0.39, 0.29) is 0 Å². The molecule has 1 aliphatic heterocycles. The van der Waals surface area contributed by atoms with Crippen LogP contribution in [0.15, 0.2) is 59.6 Å². The number of piperidine rings is 1. The first kappa shape index (κ1) is 21.5. The van der Waals surface area contributed by atoms with E-state index in [0.717, 1.165) is 42.9 Å².